The maximum absolute atomic E-state index is 12.4. The Bertz CT molecular complexity index is 627. The quantitative estimate of drug-likeness (QED) is 0.657. The van der Waals surface area contributed by atoms with Crippen LogP contribution in [-0.4, -0.2) is 36.3 Å². The van der Waals surface area contributed by atoms with Crippen LogP contribution in [0.2, 0.25) is 5.02 Å². The molecule has 0 bridgehead atoms. The Labute approximate surface area is 152 Å². The number of halogens is 1. The van der Waals surface area contributed by atoms with Crippen molar-refractivity contribution in [1.29, 1.82) is 0 Å². The summed E-state index contributed by atoms with van der Waals surface area (Å²) in [5.74, 6) is -0.702. The summed E-state index contributed by atoms with van der Waals surface area (Å²) in [6.07, 6.45) is 2.47. The Hall–Kier alpha value is -2.08. The van der Waals surface area contributed by atoms with Crippen LogP contribution in [0.3, 0.4) is 0 Å². The van der Waals surface area contributed by atoms with E-state index in [1.165, 1.54) is 0 Å². The fourth-order valence-electron chi connectivity index (χ4n) is 2.34. The summed E-state index contributed by atoms with van der Waals surface area (Å²) in [5.41, 5.74) is 0.428. The molecule has 0 unspecified atom stereocenters. The lowest BCUT2D eigenvalue weighted by Gasteiger charge is -2.20. The number of amides is 3. The summed E-state index contributed by atoms with van der Waals surface area (Å²) in [6, 6.07) is 6.00. The maximum Gasteiger partial charge on any atom is 0.251 e. The van der Waals surface area contributed by atoms with Crippen LogP contribution in [-0.2, 0) is 9.59 Å². The van der Waals surface area contributed by atoms with Crippen molar-refractivity contribution in [2.75, 3.05) is 6.54 Å². The standard InChI is InChI=1S/C18H24ClN3O3/c1-11(2)9-15(18(25)20-10-16(23)21-14-7-8-14)22-17(24)12-3-5-13(19)6-4-12/h3-6,11,14-15H,7-10H2,1-2H3,(H,20,25)(H,21,23)(H,22,24)/t15-/m0/s1. The summed E-state index contributed by atoms with van der Waals surface area (Å²) < 4.78 is 0. The molecule has 0 aromatic heterocycles. The van der Waals surface area contributed by atoms with Gasteiger partial charge in [0.2, 0.25) is 11.8 Å². The van der Waals surface area contributed by atoms with Crippen molar-refractivity contribution < 1.29 is 14.4 Å². The second kappa shape index (κ2) is 8.85. The zero-order valence-electron chi connectivity index (χ0n) is 14.5. The molecule has 1 aliphatic carbocycles. The number of hydrogen-bond acceptors (Lipinski definition) is 3. The number of hydrogen-bond donors (Lipinski definition) is 3. The summed E-state index contributed by atoms with van der Waals surface area (Å²) in [4.78, 5) is 36.4. The van der Waals surface area contributed by atoms with Crippen LogP contribution >= 0.6 is 11.6 Å². The van der Waals surface area contributed by atoms with Gasteiger partial charge in [-0.05, 0) is 49.4 Å². The van der Waals surface area contributed by atoms with Crippen molar-refractivity contribution >= 4 is 29.3 Å². The maximum atomic E-state index is 12.4. The van der Waals surface area contributed by atoms with Crippen LogP contribution in [0.15, 0.2) is 24.3 Å². The van der Waals surface area contributed by atoms with Gasteiger partial charge in [0, 0.05) is 16.6 Å². The number of carbonyl (C=O) groups is 3. The third kappa shape index (κ3) is 6.74. The fraction of sp³-hybridized carbons (Fsp3) is 0.500. The van der Waals surface area contributed by atoms with Gasteiger partial charge in [-0.1, -0.05) is 25.4 Å². The fourth-order valence-corrected chi connectivity index (χ4v) is 2.47. The van der Waals surface area contributed by atoms with E-state index in [0.29, 0.717) is 17.0 Å². The summed E-state index contributed by atoms with van der Waals surface area (Å²) in [5, 5.41) is 8.68. The second-order valence-corrected chi connectivity index (χ2v) is 7.16. The van der Waals surface area contributed by atoms with Crippen LogP contribution in [0.1, 0.15) is 43.5 Å². The Balaban J connectivity index is 1.91. The van der Waals surface area contributed by atoms with Gasteiger partial charge in [0.05, 0.1) is 6.54 Å². The molecule has 1 saturated carbocycles. The highest BCUT2D eigenvalue weighted by atomic mass is 35.5. The van der Waals surface area contributed by atoms with Crippen LogP contribution in [0.25, 0.3) is 0 Å². The van der Waals surface area contributed by atoms with Gasteiger partial charge in [-0.15, -0.1) is 0 Å². The molecule has 6 nitrogen and oxygen atoms in total. The number of nitrogens with one attached hydrogen (secondary N) is 3. The molecule has 1 aliphatic rings. The van der Waals surface area contributed by atoms with Crippen molar-refractivity contribution in [2.45, 2.75) is 45.2 Å². The van der Waals surface area contributed by atoms with E-state index in [1.807, 2.05) is 13.8 Å². The van der Waals surface area contributed by atoms with Crippen molar-refractivity contribution in [3.05, 3.63) is 34.9 Å². The van der Waals surface area contributed by atoms with E-state index in [9.17, 15) is 14.4 Å². The molecule has 3 amide bonds. The summed E-state index contributed by atoms with van der Waals surface area (Å²) >= 11 is 5.82. The highest BCUT2D eigenvalue weighted by molar-refractivity contribution is 6.30. The number of benzene rings is 1. The zero-order chi connectivity index (χ0) is 18.4. The van der Waals surface area contributed by atoms with E-state index in [4.69, 9.17) is 11.6 Å². The van der Waals surface area contributed by atoms with Crippen molar-refractivity contribution in [3.8, 4) is 0 Å². The SMILES string of the molecule is CC(C)C[C@H](NC(=O)c1ccc(Cl)cc1)C(=O)NCC(=O)NC1CC1. The van der Waals surface area contributed by atoms with E-state index in [0.717, 1.165) is 12.8 Å². The highest BCUT2D eigenvalue weighted by Gasteiger charge is 2.25. The van der Waals surface area contributed by atoms with Gasteiger partial charge < -0.3 is 16.0 Å². The molecule has 0 heterocycles. The molecule has 7 heteroatoms. The predicted octanol–water partition coefficient (Wildman–Crippen LogP) is 1.88. The largest absolute Gasteiger partial charge is 0.352 e. The average Bonchev–Trinajstić information content (AvgIpc) is 3.36. The molecule has 1 aromatic carbocycles. The average molecular weight is 366 g/mol. The first-order valence-electron chi connectivity index (χ1n) is 8.48. The van der Waals surface area contributed by atoms with Crippen LogP contribution < -0.4 is 16.0 Å². The number of carbonyl (C=O) groups excluding carboxylic acids is 3. The second-order valence-electron chi connectivity index (χ2n) is 6.72. The molecule has 1 atom stereocenters. The molecule has 25 heavy (non-hydrogen) atoms. The van der Waals surface area contributed by atoms with Crippen LogP contribution in [0.5, 0.6) is 0 Å². The first-order valence-corrected chi connectivity index (χ1v) is 8.86. The molecule has 1 fully saturated rings. The highest BCUT2D eigenvalue weighted by Crippen LogP contribution is 2.18. The minimum absolute atomic E-state index is 0.0826. The lowest BCUT2D eigenvalue weighted by Crippen LogP contribution is -2.49. The number of rotatable bonds is 8. The molecule has 1 aromatic rings. The van der Waals surface area contributed by atoms with Crippen molar-refractivity contribution in [3.63, 3.8) is 0 Å². The van der Waals surface area contributed by atoms with E-state index in [2.05, 4.69) is 16.0 Å². The molecular weight excluding hydrogens is 342 g/mol. The van der Waals surface area contributed by atoms with E-state index >= 15 is 0 Å². The molecule has 0 aliphatic heterocycles. The smallest absolute Gasteiger partial charge is 0.251 e. The van der Waals surface area contributed by atoms with Gasteiger partial charge in [0.1, 0.15) is 6.04 Å². The third-order valence-corrected chi connectivity index (χ3v) is 4.05. The third-order valence-electron chi connectivity index (χ3n) is 3.80. The first kappa shape index (κ1) is 19.2. The Morgan fingerprint density at radius 2 is 1.80 bits per heavy atom. The van der Waals surface area contributed by atoms with Crippen LogP contribution in [0, 0.1) is 5.92 Å². The minimum atomic E-state index is -0.697. The van der Waals surface area contributed by atoms with Gasteiger partial charge in [-0.25, -0.2) is 0 Å². The Morgan fingerprint density at radius 1 is 1.16 bits per heavy atom. The van der Waals surface area contributed by atoms with E-state index in [-0.39, 0.29) is 36.2 Å². The minimum Gasteiger partial charge on any atom is -0.352 e. The zero-order valence-corrected chi connectivity index (χ0v) is 15.2. The Kier molecular flexibility index (Phi) is 6.82. The first-order chi connectivity index (χ1) is 11.8. The van der Waals surface area contributed by atoms with Gasteiger partial charge >= 0.3 is 0 Å². The lowest BCUT2D eigenvalue weighted by atomic mass is 10.0. The molecule has 136 valence electrons. The van der Waals surface area contributed by atoms with Gasteiger partial charge in [-0.3, -0.25) is 14.4 Å². The van der Waals surface area contributed by atoms with E-state index < -0.39 is 6.04 Å². The Morgan fingerprint density at radius 3 is 2.36 bits per heavy atom. The lowest BCUT2D eigenvalue weighted by molar-refractivity contribution is -0.127. The van der Waals surface area contributed by atoms with Crippen molar-refractivity contribution in [1.82, 2.24) is 16.0 Å². The summed E-state index contributed by atoms with van der Waals surface area (Å²) in [7, 11) is 0. The normalized spacial score (nSPS) is 14.7. The predicted molar refractivity (Wildman–Crippen MR) is 96.3 cm³/mol. The summed E-state index contributed by atoms with van der Waals surface area (Å²) in [6.45, 7) is 3.85. The van der Waals surface area contributed by atoms with Gasteiger partial charge in [0.15, 0.2) is 0 Å². The molecular formula is C18H24ClN3O3. The van der Waals surface area contributed by atoms with Crippen molar-refractivity contribution in [2.24, 2.45) is 5.92 Å². The monoisotopic (exact) mass is 365 g/mol. The van der Waals surface area contributed by atoms with E-state index in [1.54, 1.807) is 24.3 Å². The molecule has 0 spiro atoms. The molecule has 2 rings (SSSR count). The topological polar surface area (TPSA) is 87.3 Å². The van der Waals surface area contributed by atoms with Gasteiger partial charge in [-0.2, -0.15) is 0 Å². The van der Waals surface area contributed by atoms with Crippen LogP contribution in [0.4, 0.5) is 0 Å². The molecule has 3 N–H and O–H groups in total. The molecule has 0 saturated heterocycles. The molecule has 0 radical (unpaired) electrons. The van der Waals surface area contributed by atoms with Gasteiger partial charge in [0.25, 0.3) is 5.91 Å².